The van der Waals surface area contributed by atoms with E-state index >= 15 is 0 Å². The van der Waals surface area contributed by atoms with Gasteiger partial charge in [0, 0.05) is 41.3 Å². The molecular weight excluding hydrogens is 416 g/mol. The minimum Gasteiger partial charge on any atom is -0.506 e. The fraction of sp³-hybridized carbons (Fsp3) is 0. The Morgan fingerprint density at radius 3 is 2.67 bits per heavy atom. The number of phenolic OH excluding ortho intramolecular Hbond substituents is 1. The first kappa shape index (κ1) is 18.3. The number of nitrogens with one attached hydrogen (secondary N) is 1. The number of carbonyl (C=O) groups excluding carboxylic acids is 1. The van der Waals surface area contributed by atoms with E-state index in [-0.39, 0.29) is 21.5 Å². The van der Waals surface area contributed by atoms with Crippen molar-refractivity contribution in [1.82, 2.24) is 9.99 Å². The molecule has 0 aliphatic heterocycles. The topological polar surface area (TPSA) is 110 Å². The molecule has 0 spiro atoms. The van der Waals surface area contributed by atoms with Gasteiger partial charge in [-0.05, 0) is 46.3 Å². The van der Waals surface area contributed by atoms with Gasteiger partial charge in [0.15, 0.2) is 0 Å². The third-order valence-electron chi connectivity index (χ3n) is 3.67. The third-order valence-corrected chi connectivity index (χ3v) is 4.27. The van der Waals surface area contributed by atoms with Crippen LogP contribution in [-0.2, 0) is 0 Å². The third kappa shape index (κ3) is 4.21. The van der Waals surface area contributed by atoms with Crippen LogP contribution in [0, 0.1) is 10.1 Å². The average molecular weight is 429 g/mol. The van der Waals surface area contributed by atoms with Crippen molar-refractivity contribution in [2.24, 2.45) is 5.10 Å². The van der Waals surface area contributed by atoms with Gasteiger partial charge in [-0.3, -0.25) is 14.9 Å². The Morgan fingerprint density at radius 1 is 1.22 bits per heavy atom. The lowest BCUT2D eigenvalue weighted by Gasteiger charge is -2.06. The number of hydrogen-bond donors (Lipinski definition) is 2. The highest BCUT2D eigenvalue weighted by molar-refractivity contribution is 9.10. The normalized spacial score (nSPS) is 10.9. The van der Waals surface area contributed by atoms with E-state index in [1.165, 1.54) is 6.07 Å². The van der Waals surface area contributed by atoms with Gasteiger partial charge in [-0.2, -0.15) is 5.10 Å². The van der Waals surface area contributed by atoms with Crippen LogP contribution >= 0.6 is 15.9 Å². The van der Waals surface area contributed by atoms with Crippen LogP contribution in [0.15, 0.2) is 70.5 Å². The van der Waals surface area contributed by atoms with Gasteiger partial charge < -0.3 is 9.67 Å². The number of nitro benzene ring substituents is 1. The number of nitro groups is 1. The van der Waals surface area contributed by atoms with Crippen molar-refractivity contribution in [2.75, 3.05) is 0 Å². The second-order valence-electron chi connectivity index (χ2n) is 5.46. The van der Waals surface area contributed by atoms with Gasteiger partial charge in [0.2, 0.25) is 0 Å². The summed E-state index contributed by atoms with van der Waals surface area (Å²) < 4.78 is 2.02. The molecule has 0 radical (unpaired) electrons. The molecule has 1 aromatic heterocycles. The summed E-state index contributed by atoms with van der Waals surface area (Å²) in [4.78, 5) is 22.6. The van der Waals surface area contributed by atoms with Gasteiger partial charge in [0.25, 0.3) is 11.6 Å². The number of carbonyl (C=O) groups is 1. The highest BCUT2D eigenvalue weighted by Crippen LogP contribution is 2.31. The van der Waals surface area contributed by atoms with E-state index in [4.69, 9.17) is 0 Å². The maximum Gasteiger partial charge on any atom is 0.271 e. The van der Waals surface area contributed by atoms with E-state index in [9.17, 15) is 20.0 Å². The van der Waals surface area contributed by atoms with E-state index in [2.05, 4.69) is 26.5 Å². The van der Waals surface area contributed by atoms with E-state index in [1.54, 1.807) is 18.2 Å². The minimum atomic E-state index is -0.590. The predicted molar refractivity (Wildman–Crippen MR) is 103 cm³/mol. The Kier molecular flexibility index (Phi) is 5.32. The molecule has 0 saturated carbocycles. The summed E-state index contributed by atoms with van der Waals surface area (Å²) in [6.07, 6.45) is 4.86. The molecule has 2 aromatic carbocycles. The number of amides is 1. The molecule has 0 unspecified atom stereocenters. The van der Waals surface area contributed by atoms with Crippen molar-refractivity contribution in [1.29, 1.82) is 0 Å². The number of aromatic hydroxyl groups is 1. The van der Waals surface area contributed by atoms with Crippen molar-refractivity contribution in [2.45, 2.75) is 0 Å². The van der Waals surface area contributed by atoms with Crippen LogP contribution in [0.2, 0.25) is 0 Å². The summed E-state index contributed by atoms with van der Waals surface area (Å²) in [5, 5.41) is 24.6. The Morgan fingerprint density at radius 2 is 1.96 bits per heavy atom. The summed E-state index contributed by atoms with van der Waals surface area (Å²) in [5.41, 5.74) is 3.43. The van der Waals surface area contributed by atoms with Crippen molar-refractivity contribution < 1.29 is 14.8 Å². The molecule has 1 heterocycles. The SMILES string of the molecule is O=C(N/N=C/c1cc([N+](=O)[O-])cc(Br)c1O)c1cccc(-n2cccc2)c1. The second-order valence-corrected chi connectivity index (χ2v) is 6.32. The van der Waals surface area contributed by atoms with Crippen LogP contribution in [0.5, 0.6) is 5.75 Å². The van der Waals surface area contributed by atoms with Crippen LogP contribution in [0.25, 0.3) is 5.69 Å². The number of rotatable bonds is 5. The van der Waals surface area contributed by atoms with Crippen LogP contribution in [0.4, 0.5) is 5.69 Å². The number of benzene rings is 2. The molecule has 27 heavy (non-hydrogen) atoms. The molecule has 2 N–H and O–H groups in total. The maximum atomic E-state index is 12.3. The Hall–Kier alpha value is -3.46. The van der Waals surface area contributed by atoms with Crippen LogP contribution in [-0.4, -0.2) is 26.7 Å². The lowest BCUT2D eigenvalue weighted by Crippen LogP contribution is -2.17. The van der Waals surface area contributed by atoms with E-state index in [0.717, 1.165) is 18.0 Å². The summed E-state index contributed by atoms with van der Waals surface area (Å²) in [6, 6.07) is 13.0. The molecule has 9 heteroatoms. The lowest BCUT2D eigenvalue weighted by molar-refractivity contribution is -0.385. The molecule has 1 amide bonds. The van der Waals surface area contributed by atoms with Crippen LogP contribution < -0.4 is 5.43 Å². The molecule has 0 fully saturated rings. The molecule has 3 rings (SSSR count). The fourth-order valence-electron chi connectivity index (χ4n) is 2.35. The standard InChI is InChI=1S/C18H13BrN4O4/c19-16-10-15(23(26)27)9-13(17(16)24)11-20-21-18(25)12-4-3-5-14(8-12)22-6-1-2-7-22/h1-11,24H,(H,21,25)/b20-11+. The van der Waals surface area contributed by atoms with Crippen molar-refractivity contribution in [3.05, 3.63) is 86.6 Å². The average Bonchev–Trinajstić information content (AvgIpc) is 3.19. The fourth-order valence-corrected chi connectivity index (χ4v) is 2.81. The van der Waals surface area contributed by atoms with Gasteiger partial charge in [0.1, 0.15) is 5.75 Å². The molecule has 3 aromatic rings. The number of hydrogen-bond acceptors (Lipinski definition) is 5. The summed E-state index contributed by atoms with van der Waals surface area (Å²) >= 11 is 3.04. The number of non-ortho nitro benzene ring substituents is 1. The molecule has 0 bridgehead atoms. The van der Waals surface area contributed by atoms with E-state index in [1.807, 2.05) is 35.2 Å². The van der Waals surface area contributed by atoms with Crippen molar-refractivity contribution in [3.63, 3.8) is 0 Å². The molecule has 0 aliphatic rings. The number of halogens is 1. The number of aromatic nitrogens is 1. The maximum absolute atomic E-state index is 12.3. The van der Waals surface area contributed by atoms with Gasteiger partial charge in [-0.25, -0.2) is 5.43 Å². The largest absolute Gasteiger partial charge is 0.506 e. The second kappa shape index (κ2) is 7.83. The molecule has 0 saturated heterocycles. The summed E-state index contributed by atoms with van der Waals surface area (Å²) in [6.45, 7) is 0. The summed E-state index contributed by atoms with van der Waals surface area (Å²) in [7, 11) is 0. The molecular formula is C18H13BrN4O4. The van der Waals surface area contributed by atoms with Gasteiger partial charge in [0.05, 0.1) is 15.6 Å². The minimum absolute atomic E-state index is 0.0949. The highest BCUT2D eigenvalue weighted by Gasteiger charge is 2.14. The first-order valence-electron chi connectivity index (χ1n) is 7.69. The van der Waals surface area contributed by atoms with Crippen LogP contribution in [0.3, 0.4) is 0 Å². The molecule has 0 aliphatic carbocycles. The highest BCUT2D eigenvalue weighted by atomic mass is 79.9. The van der Waals surface area contributed by atoms with Crippen molar-refractivity contribution in [3.8, 4) is 11.4 Å². The Bertz CT molecular complexity index is 1030. The Labute approximate surface area is 162 Å². The first-order valence-corrected chi connectivity index (χ1v) is 8.49. The van der Waals surface area contributed by atoms with Gasteiger partial charge in [-0.15, -0.1) is 0 Å². The van der Waals surface area contributed by atoms with Crippen LogP contribution in [0.1, 0.15) is 15.9 Å². The van der Waals surface area contributed by atoms with E-state index in [0.29, 0.717) is 5.56 Å². The van der Waals surface area contributed by atoms with Crippen molar-refractivity contribution >= 4 is 33.7 Å². The number of nitrogens with zero attached hydrogens (tertiary/aromatic N) is 3. The monoisotopic (exact) mass is 428 g/mol. The van der Waals surface area contributed by atoms with Gasteiger partial charge >= 0.3 is 0 Å². The Balaban J connectivity index is 1.76. The van der Waals surface area contributed by atoms with Gasteiger partial charge in [-0.1, -0.05) is 6.07 Å². The molecule has 136 valence electrons. The zero-order valence-corrected chi connectivity index (χ0v) is 15.3. The molecule has 0 atom stereocenters. The lowest BCUT2D eigenvalue weighted by atomic mass is 10.2. The van der Waals surface area contributed by atoms with E-state index < -0.39 is 10.8 Å². The predicted octanol–water partition coefficient (Wildman–Crippen LogP) is 3.62. The summed E-state index contributed by atoms with van der Waals surface area (Å²) in [5.74, 6) is -0.669. The smallest absolute Gasteiger partial charge is 0.271 e. The first-order chi connectivity index (χ1) is 13.0. The quantitative estimate of drug-likeness (QED) is 0.367. The zero-order chi connectivity index (χ0) is 19.4. The number of phenols is 1. The zero-order valence-electron chi connectivity index (χ0n) is 13.7. The molecule has 8 nitrogen and oxygen atoms in total. The number of hydrazone groups is 1.